The molecule has 0 aliphatic heterocycles. The molecule has 0 fully saturated rings. The van der Waals surface area contributed by atoms with Crippen LogP contribution in [0.1, 0.15) is 81.8 Å². The fourth-order valence-electron chi connectivity index (χ4n) is 8.71. The van der Waals surface area contributed by atoms with Crippen LogP contribution < -0.4 is 4.90 Å². The summed E-state index contributed by atoms with van der Waals surface area (Å²) in [6, 6.07) is 44.1. The molecule has 0 amide bonds. The lowest BCUT2D eigenvalue weighted by atomic mass is 9.79. The average Bonchev–Trinajstić information content (AvgIpc) is 3.66. The summed E-state index contributed by atoms with van der Waals surface area (Å²) in [6.07, 6.45) is 0. The van der Waals surface area contributed by atoms with Crippen LogP contribution in [-0.2, 0) is 16.2 Å². The molecule has 0 atom stereocenters. The monoisotopic (exact) mass is 653 g/mol. The van der Waals surface area contributed by atoms with Gasteiger partial charge in [0.2, 0.25) is 0 Å². The normalized spacial score (nSPS) is 15.3. The van der Waals surface area contributed by atoms with Crippen molar-refractivity contribution < 1.29 is 0 Å². The minimum Gasteiger partial charge on any atom is -0.309 e. The molecule has 1 heterocycles. The van der Waals surface area contributed by atoms with Gasteiger partial charge < -0.3 is 4.90 Å². The average molecular weight is 654 g/mol. The molecule has 7 aromatic rings. The topological polar surface area (TPSA) is 3.24 Å². The van der Waals surface area contributed by atoms with E-state index >= 15 is 0 Å². The van der Waals surface area contributed by atoms with Crippen LogP contribution in [0.15, 0.2) is 115 Å². The summed E-state index contributed by atoms with van der Waals surface area (Å²) < 4.78 is 2.70. The third-order valence-corrected chi connectivity index (χ3v) is 12.9. The molecule has 242 valence electrons. The highest BCUT2D eigenvalue weighted by Crippen LogP contribution is 2.54. The Kier molecular flexibility index (Phi) is 6.32. The van der Waals surface area contributed by atoms with E-state index in [1.54, 1.807) is 0 Å². The standard InChI is InChI=1S/C47H43NS/c1-28-13-11-15-36-37-16-12-18-42(44(37)49-43(28)36)48(30-20-23-34-32-14-9-10-17-38(32)46(5,6)40(34)26-30)31-21-24-35-33-22-19-29(45(2,3)4)25-39(33)47(7,8)41(35)27-31/h9-27H,1-8H3. The highest BCUT2D eigenvalue weighted by molar-refractivity contribution is 7.26. The van der Waals surface area contributed by atoms with Crippen molar-refractivity contribution in [2.45, 2.75) is 71.6 Å². The lowest BCUT2D eigenvalue weighted by molar-refractivity contribution is 0.584. The van der Waals surface area contributed by atoms with Crippen LogP contribution in [0.3, 0.4) is 0 Å². The van der Waals surface area contributed by atoms with Gasteiger partial charge in [-0.05, 0) is 98.3 Å². The molecule has 1 aromatic heterocycles. The Bertz CT molecular complexity index is 2500. The first-order chi connectivity index (χ1) is 23.4. The number of aryl methyl sites for hydroxylation is 1. The third-order valence-electron chi connectivity index (χ3n) is 11.6. The van der Waals surface area contributed by atoms with E-state index in [1.165, 1.54) is 92.9 Å². The molecule has 0 bridgehead atoms. The molecule has 0 N–H and O–H groups in total. The zero-order valence-electron chi connectivity index (χ0n) is 29.8. The summed E-state index contributed by atoms with van der Waals surface area (Å²) in [7, 11) is 0. The largest absolute Gasteiger partial charge is 0.309 e. The van der Waals surface area contributed by atoms with Crippen molar-refractivity contribution in [1.82, 2.24) is 0 Å². The highest BCUT2D eigenvalue weighted by atomic mass is 32.1. The summed E-state index contributed by atoms with van der Waals surface area (Å²) in [5.41, 5.74) is 17.3. The summed E-state index contributed by atoms with van der Waals surface area (Å²) in [6.45, 7) is 18.7. The molecule has 49 heavy (non-hydrogen) atoms. The van der Waals surface area contributed by atoms with E-state index < -0.39 is 0 Å². The van der Waals surface area contributed by atoms with Gasteiger partial charge in [-0.2, -0.15) is 0 Å². The molecule has 0 saturated carbocycles. The summed E-state index contributed by atoms with van der Waals surface area (Å²) in [4.78, 5) is 2.53. The number of hydrogen-bond donors (Lipinski definition) is 0. The van der Waals surface area contributed by atoms with Gasteiger partial charge in [0.05, 0.1) is 10.4 Å². The van der Waals surface area contributed by atoms with Crippen molar-refractivity contribution in [2.75, 3.05) is 4.90 Å². The van der Waals surface area contributed by atoms with E-state index in [1.807, 2.05) is 11.3 Å². The molecule has 2 aliphatic carbocycles. The van der Waals surface area contributed by atoms with Crippen molar-refractivity contribution in [3.05, 3.63) is 149 Å². The first-order valence-electron chi connectivity index (χ1n) is 17.6. The quantitative estimate of drug-likeness (QED) is 0.183. The van der Waals surface area contributed by atoms with Gasteiger partial charge in [-0.3, -0.25) is 0 Å². The molecular formula is C47H43NS. The van der Waals surface area contributed by atoms with Gasteiger partial charge in [-0.25, -0.2) is 0 Å². The van der Waals surface area contributed by atoms with Crippen LogP contribution in [0.25, 0.3) is 42.4 Å². The molecule has 1 nitrogen and oxygen atoms in total. The van der Waals surface area contributed by atoms with Crippen LogP contribution in [0.2, 0.25) is 0 Å². The smallest absolute Gasteiger partial charge is 0.0640 e. The van der Waals surface area contributed by atoms with E-state index in [0.717, 1.165) is 0 Å². The number of benzene rings is 6. The van der Waals surface area contributed by atoms with Gasteiger partial charge in [0.1, 0.15) is 0 Å². The van der Waals surface area contributed by atoms with E-state index in [0.29, 0.717) is 0 Å². The maximum absolute atomic E-state index is 2.53. The van der Waals surface area contributed by atoms with Gasteiger partial charge >= 0.3 is 0 Å². The van der Waals surface area contributed by atoms with Crippen molar-refractivity contribution >= 4 is 48.6 Å². The second-order valence-corrected chi connectivity index (χ2v) is 17.3. The van der Waals surface area contributed by atoms with Crippen molar-refractivity contribution in [2.24, 2.45) is 0 Å². The SMILES string of the molecule is Cc1cccc2c1sc1c(N(c3ccc4c(c3)C(C)(C)c3ccccc3-4)c3ccc4c(c3)C(C)(C)c3cc(C(C)(C)C)ccc3-4)cccc12. The van der Waals surface area contributed by atoms with E-state index in [4.69, 9.17) is 0 Å². The maximum Gasteiger partial charge on any atom is 0.0640 e. The Morgan fingerprint density at radius 1 is 0.510 bits per heavy atom. The number of hydrogen-bond acceptors (Lipinski definition) is 2. The predicted octanol–water partition coefficient (Wildman–Crippen LogP) is 13.7. The summed E-state index contributed by atoms with van der Waals surface area (Å²) in [5.74, 6) is 0. The Balaban J connectivity index is 1.28. The minimum absolute atomic E-state index is 0.0827. The molecule has 0 radical (unpaired) electrons. The fourth-order valence-corrected chi connectivity index (χ4v) is 9.99. The molecule has 0 spiro atoms. The van der Waals surface area contributed by atoms with Gasteiger partial charge in [0, 0.05) is 37.7 Å². The third kappa shape index (κ3) is 4.29. The van der Waals surface area contributed by atoms with Crippen LogP contribution in [0.5, 0.6) is 0 Å². The number of nitrogens with zero attached hydrogens (tertiary/aromatic N) is 1. The molecule has 2 aliphatic rings. The molecular weight excluding hydrogens is 611 g/mol. The van der Waals surface area contributed by atoms with Gasteiger partial charge in [-0.1, -0.05) is 133 Å². The molecule has 9 rings (SSSR count). The number of fused-ring (bicyclic) bond motifs is 9. The molecule has 0 unspecified atom stereocenters. The first kappa shape index (κ1) is 30.4. The van der Waals surface area contributed by atoms with Gasteiger partial charge in [-0.15, -0.1) is 11.3 Å². The van der Waals surface area contributed by atoms with E-state index in [-0.39, 0.29) is 16.2 Å². The van der Waals surface area contributed by atoms with Crippen LogP contribution >= 0.6 is 11.3 Å². The minimum atomic E-state index is -0.115. The van der Waals surface area contributed by atoms with Crippen molar-refractivity contribution in [1.29, 1.82) is 0 Å². The van der Waals surface area contributed by atoms with Crippen molar-refractivity contribution in [3.8, 4) is 22.3 Å². The molecule has 6 aromatic carbocycles. The summed E-state index contributed by atoms with van der Waals surface area (Å²) in [5, 5.41) is 2.66. The van der Waals surface area contributed by atoms with Crippen molar-refractivity contribution in [3.63, 3.8) is 0 Å². The second-order valence-electron chi connectivity index (χ2n) is 16.3. The number of anilines is 3. The zero-order chi connectivity index (χ0) is 34.0. The fraction of sp³-hybridized carbons (Fsp3) is 0.234. The molecule has 2 heteroatoms. The Morgan fingerprint density at radius 3 is 1.69 bits per heavy atom. The summed E-state index contributed by atoms with van der Waals surface area (Å²) >= 11 is 1.92. The van der Waals surface area contributed by atoms with Gasteiger partial charge in [0.25, 0.3) is 0 Å². The Morgan fingerprint density at radius 2 is 1.04 bits per heavy atom. The predicted molar refractivity (Wildman–Crippen MR) is 213 cm³/mol. The Labute approximate surface area is 294 Å². The van der Waals surface area contributed by atoms with Crippen LogP contribution in [-0.4, -0.2) is 0 Å². The zero-order valence-corrected chi connectivity index (χ0v) is 30.6. The van der Waals surface area contributed by atoms with Gasteiger partial charge in [0.15, 0.2) is 0 Å². The number of rotatable bonds is 3. The number of thiophene rings is 1. The highest BCUT2D eigenvalue weighted by Gasteiger charge is 2.38. The Hall–Kier alpha value is -4.66. The lowest BCUT2D eigenvalue weighted by Gasteiger charge is -2.30. The second kappa shape index (κ2) is 10.2. The first-order valence-corrected chi connectivity index (χ1v) is 18.4. The van der Waals surface area contributed by atoms with E-state index in [9.17, 15) is 0 Å². The maximum atomic E-state index is 2.53. The van der Waals surface area contributed by atoms with Crippen LogP contribution in [0, 0.1) is 6.92 Å². The lowest BCUT2D eigenvalue weighted by Crippen LogP contribution is -2.19. The molecule has 0 saturated heterocycles. The van der Waals surface area contributed by atoms with Crippen LogP contribution in [0.4, 0.5) is 17.1 Å². The van der Waals surface area contributed by atoms with E-state index in [2.05, 4.69) is 176 Å².